The molecule has 0 atom stereocenters. The number of carbonyl (C=O) groups excluding carboxylic acids is 1. The van der Waals surface area contributed by atoms with Crippen molar-refractivity contribution >= 4 is 35.5 Å². The molecule has 0 radical (unpaired) electrons. The van der Waals surface area contributed by atoms with Crippen molar-refractivity contribution in [3.63, 3.8) is 0 Å². The van der Waals surface area contributed by atoms with Crippen molar-refractivity contribution in [1.82, 2.24) is 20.2 Å². The van der Waals surface area contributed by atoms with Gasteiger partial charge in [0.1, 0.15) is 5.75 Å². The van der Waals surface area contributed by atoms with Gasteiger partial charge in [-0.15, -0.1) is 10.2 Å². The summed E-state index contributed by atoms with van der Waals surface area (Å²) in [5.41, 5.74) is 6.34. The first kappa shape index (κ1) is 24.5. The molecule has 9 heteroatoms. The van der Waals surface area contributed by atoms with Gasteiger partial charge < -0.3 is 4.74 Å². The molecule has 0 aliphatic rings. The number of aromatic nitrogens is 3. The van der Waals surface area contributed by atoms with Crippen molar-refractivity contribution in [1.29, 1.82) is 0 Å². The Labute approximate surface area is 213 Å². The molecule has 0 saturated heterocycles. The van der Waals surface area contributed by atoms with Gasteiger partial charge in [0.05, 0.1) is 18.6 Å². The van der Waals surface area contributed by atoms with Crippen LogP contribution in [0.15, 0.2) is 83.1 Å². The molecular formula is C26H24ClN5O2S. The lowest BCUT2D eigenvalue weighted by Gasteiger charge is -2.10. The second-order valence-corrected chi connectivity index (χ2v) is 8.95. The van der Waals surface area contributed by atoms with E-state index in [2.05, 4.69) is 20.7 Å². The van der Waals surface area contributed by atoms with E-state index in [-0.39, 0.29) is 11.7 Å². The molecule has 0 aliphatic carbocycles. The molecule has 0 aliphatic heterocycles. The second kappa shape index (κ2) is 11.7. The van der Waals surface area contributed by atoms with Crippen LogP contribution in [-0.4, -0.2) is 39.2 Å². The molecule has 1 amide bonds. The first-order chi connectivity index (χ1) is 17.0. The van der Waals surface area contributed by atoms with Crippen molar-refractivity contribution in [2.45, 2.75) is 19.0 Å². The van der Waals surface area contributed by atoms with E-state index in [1.54, 1.807) is 6.21 Å². The van der Waals surface area contributed by atoms with Gasteiger partial charge in [0, 0.05) is 16.3 Å². The molecule has 0 spiro atoms. The molecule has 35 heavy (non-hydrogen) atoms. The number of aryl methyl sites for hydroxylation is 1. The number of carbonyl (C=O) groups is 1. The topological polar surface area (TPSA) is 81.4 Å². The second-order valence-electron chi connectivity index (χ2n) is 7.57. The van der Waals surface area contributed by atoms with Gasteiger partial charge in [0.2, 0.25) is 0 Å². The Morgan fingerprint density at radius 2 is 1.77 bits per heavy atom. The molecule has 1 N–H and O–H groups in total. The minimum atomic E-state index is -0.250. The van der Waals surface area contributed by atoms with E-state index in [9.17, 15) is 4.79 Å². The summed E-state index contributed by atoms with van der Waals surface area (Å²) in [6, 6.07) is 22.9. The summed E-state index contributed by atoms with van der Waals surface area (Å²) in [6.07, 6.45) is 1.59. The first-order valence-electron chi connectivity index (χ1n) is 11.0. The number of rotatable bonds is 9. The van der Waals surface area contributed by atoms with Crippen molar-refractivity contribution in [2.24, 2.45) is 5.10 Å². The number of nitrogens with one attached hydrogen (secondary N) is 1. The monoisotopic (exact) mass is 505 g/mol. The molecule has 1 aromatic heterocycles. The van der Waals surface area contributed by atoms with E-state index >= 15 is 0 Å². The van der Waals surface area contributed by atoms with Gasteiger partial charge in [-0.25, -0.2) is 5.43 Å². The van der Waals surface area contributed by atoms with Crippen LogP contribution in [0, 0.1) is 6.92 Å². The number of thioether (sulfide) groups is 1. The Bertz CT molecular complexity index is 1300. The molecule has 0 fully saturated rings. The maximum atomic E-state index is 12.4. The predicted molar refractivity (Wildman–Crippen MR) is 141 cm³/mol. The molecule has 4 aromatic rings. The SMILES string of the molecule is CCOc1ccc(/C=N\NC(=O)CSc2nnc(-c3ccc(C)cc3)n2-c2ccc(Cl)cc2)cc1. The van der Waals surface area contributed by atoms with Crippen LogP contribution in [0.25, 0.3) is 17.1 Å². The number of hydrogen-bond donors (Lipinski definition) is 1. The summed E-state index contributed by atoms with van der Waals surface area (Å²) < 4.78 is 7.34. The van der Waals surface area contributed by atoms with Crippen molar-refractivity contribution in [3.05, 3.63) is 88.9 Å². The van der Waals surface area contributed by atoms with E-state index in [0.717, 1.165) is 28.1 Å². The number of benzene rings is 3. The van der Waals surface area contributed by atoms with Gasteiger partial charge in [-0.3, -0.25) is 9.36 Å². The van der Waals surface area contributed by atoms with Crippen molar-refractivity contribution in [3.8, 4) is 22.8 Å². The standard InChI is InChI=1S/C26H24ClN5O2S/c1-3-34-23-14-6-19(7-15-23)16-28-29-24(33)17-35-26-31-30-25(20-8-4-18(2)5-9-20)32(26)22-12-10-21(27)11-13-22/h4-16H,3,17H2,1-2H3,(H,29,33)/b28-16-. The van der Waals surface area contributed by atoms with Crippen molar-refractivity contribution < 1.29 is 9.53 Å². The zero-order chi connectivity index (χ0) is 24.6. The average Bonchev–Trinajstić information content (AvgIpc) is 3.29. The highest BCUT2D eigenvalue weighted by Gasteiger charge is 2.17. The third-order valence-electron chi connectivity index (χ3n) is 4.95. The molecule has 0 saturated carbocycles. The zero-order valence-corrected chi connectivity index (χ0v) is 20.9. The zero-order valence-electron chi connectivity index (χ0n) is 19.3. The van der Waals surface area contributed by atoms with Gasteiger partial charge in [0.15, 0.2) is 11.0 Å². The Morgan fingerprint density at radius 3 is 2.46 bits per heavy atom. The maximum absolute atomic E-state index is 12.4. The molecular weight excluding hydrogens is 482 g/mol. The van der Waals surface area contributed by atoms with Gasteiger partial charge in [-0.2, -0.15) is 5.10 Å². The lowest BCUT2D eigenvalue weighted by Crippen LogP contribution is -2.20. The van der Waals surface area contributed by atoms with Crippen LogP contribution in [0.1, 0.15) is 18.1 Å². The third kappa shape index (κ3) is 6.49. The van der Waals surface area contributed by atoms with Crippen LogP contribution in [-0.2, 0) is 4.79 Å². The van der Waals surface area contributed by atoms with E-state index in [0.29, 0.717) is 22.6 Å². The summed E-state index contributed by atoms with van der Waals surface area (Å²) in [5.74, 6) is 1.35. The molecule has 3 aromatic carbocycles. The molecule has 7 nitrogen and oxygen atoms in total. The number of nitrogens with zero attached hydrogens (tertiary/aromatic N) is 4. The van der Waals surface area contributed by atoms with E-state index < -0.39 is 0 Å². The summed E-state index contributed by atoms with van der Waals surface area (Å²) in [5, 5.41) is 14.0. The number of ether oxygens (including phenoxy) is 1. The Balaban J connectivity index is 1.46. The lowest BCUT2D eigenvalue weighted by molar-refractivity contribution is -0.118. The molecule has 178 valence electrons. The maximum Gasteiger partial charge on any atom is 0.250 e. The van der Waals surface area contributed by atoms with Crippen LogP contribution in [0.2, 0.25) is 5.02 Å². The predicted octanol–water partition coefficient (Wildman–Crippen LogP) is 5.54. The average molecular weight is 506 g/mol. The molecule has 0 unspecified atom stereocenters. The Morgan fingerprint density at radius 1 is 1.06 bits per heavy atom. The fraction of sp³-hybridized carbons (Fsp3) is 0.154. The number of hydrazone groups is 1. The summed E-state index contributed by atoms with van der Waals surface area (Å²) in [6.45, 7) is 4.58. The highest BCUT2D eigenvalue weighted by atomic mass is 35.5. The lowest BCUT2D eigenvalue weighted by atomic mass is 10.1. The minimum Gasteiger partial charge on any atom is -0.494 e. The fourth-order valence-electron chi connectivity index (χ4n) is 3.23. The third-order valence-corrected chi connectivity index (χ3v) is 6.14. The summed E-state index contributed by atoms with van der Waals surface area (Å²) in [4.78, 5) is 12.4. The van der Waals surface area contributed by atoms with E-state index in [1.807, 2.05) is 91.2 Å². The van der Waals surface area contributed by atoms with Gasteiger partial charge >= 0.3 is 0 Å². The normalized spacial score (nSPS) is 11.1. The van der Waals surface area contributed by atoms with Gasteiger partial charge in [-0.1, -0.05) is 53.2 Å². The summed E-state index contributed by atoms with van der Waals surface area (Å²) >= 11 is 7.37. The van der Waals surface area contributed by atoms with Crippen molar-refractivity contribution in [2.75, 3.05) is 12.4 Å². The molecule has 0 bridgehead atoms. The molecule has 4 rings (SSSR count). The van der Waals surface area contributed by atoms with Gasteiger partial charge in [-0.05, 0) is 67.9 Å². The first-order valence-corrected chi connectivity index (χ1v) is 12.4. The molecule has 1 heterocycles. The smallest absolute Gasteiger partial charge is 0.250 e. The Kier molecular flexibility index (Phi) is 8.18. The van der Waals surface area contributed by atoms with Crippen LogP contribution in [0.3, 0.4) is 0 Å². The van der Waals surface area contributed by atoms with Crippen LogP contribution in [0.4, 0.5) is 0 Å². The fourth-order valence-corrected chi connectivity index (χ4v) is 4.10. The largest absolute Gasteiger partial charge is 0.494 e. The Hall–Kier alpha value is -3.62. The van der Waals surface area contributed by atoms with E-state index in [1.165, 1.54) is 11.8 Å². The number of amides is 1. The summed E-state index contributed by atoms with van der Waals surface area (Å²) in [7, 11) is 0. The van der Waals surface area contributed by atoms with Gasteiger partial charge in [0.25, 0.3) is 5.91 Å². The van der Waals surface area contributed by atoms with E-state index in [4.69, 9.17) is 16.3 Å². The highest BCUT2D eigenvalue weighted by molar-refractivity contribution is 7.99. The van der Waals surface area contributed by atoms with Crippen LogP contribution < -0.4 is 10.2 Å². The minimum absolute atomic E-state index is 0.125. The number of halogens is 1. The number of hydrogen-bond acceptors (Lipinski definition) is 6. The quantitative estimate of drug-likeness (QED) is 0.183. The highest BCUT2D eigenvalue weighted by Crippen LogP contribution is 2.28. The van der Waals surface area contributed by atoms with Crippen LogP contribution in [0.5, 0.6) is 5.75 Å². The van der Waals surface area contributed by atoms with Crippen LogP contribution >= 0.6 is 23.4 Å².